The molecule has 3 aromatic heterocycles. The number of thiazole rings is 1. The van der Waals surface area contributed by atoms with Crippen LogP contribution in [0.15, 0.2) is 11.7 Å². The summed E-state index contributed by atoms with van der Waals surface area (Å²) in [4.78, 5) is 20.6. The molecule has 0 amide bonds. The SMILES string of the molecule is CCCNc1nc(NCc2nc(C)cs2)c2[nH]cnc2n1. The molecule has 0 spiro atoms. The molecule has 3 aromatic rings. The zero-order valence-electron chi connectivity index (χ0n) is 12.0. The third kappa shape index (κ3) is 3.10. The van der Waals surface area contributed by atoms with Gasteiger partial charge < -0.3 is 15.6 Å². The molecule has 0 aliphatic rings. The maximum Gasteiger partial charge on any atom is 0.226 e. The van der Waals surface area contributed by atoms with Gasteiger partial charge in [0.25, 0.3) is 0 Å². The second-order valence-corrected chi connectivity index (χ2v) is 5.60. The molecule has 21 heavy (non-hydrogen) atoms. The first-order valence-electron chi connectivity index (χ1n) is 6.86. The molecule has 0 saturated carbocycles. The lowest BCUT2D eigenvalue weighted by molar-refractivity contribution is 0.953. The summed E-state index contributed by atoms with van der Waals surface area (Å²) in [6.07, 6.45) is 2.64. The van der Waals surface area contributed by atoms with Gasteiger partial charge in [0.05, 0.1) is 12.9 Å². The minimum Gasteiger partial charge on any atom is -0.362 e. The number of aromatic nitrogens is 5. The van der Waals surface area contributed by atoms with Crippen LogP contribution in [0.3, 0.4) is 0 Å². The van der Waals surface area contributed by atoms with E-state index >= 15 is 0 Å². The molecule has 0 aliphatic heterocycles. The molecule has 0 unspecified atom stereocenters. The first-order chi connectivity index (χ1) is 10.3. The second-order valence-electron chi connectivity index (χ2n) is 4.66. The quantitative estimate of drug-likeness (QED) is 0.648. The molecule has 8 heteroatoms. The van der Waals surface area contributed by atoms with Gasteiger partial charge in [-0.3, -0.25) is 0 Å². The fourth-order valence-electron chi connectivity index (χ4n) is 1.92. The van der Waals surface area contributed by atoms with Crippen LogP contribution in [-0.2, 0) is 6.54 Å². The topological polar surface area (TPSA) is 91.4 Å². The summed E-state index contributed by atoms with van der Waals surface area (Å²) in [5.41, 5.74) is 2.50. The lowest BCUT2D eigenvalue weighted by Crippen LogP contribution is -2.08. The van der Waals surface area contributed by atoms with Gasteiger partial charge in [0.1, 0.15) is 10.5 Å². The number of aryl methyl sites for hydroxylation is 1. The molecule has 0 saturated heterocycles. The summed E-state index contributed by atoms with van der Waals surface area (Å²) in [6.45, 7) is 5.56. The van der Waals surface area contributed by atoms with E-state index < -0.39 is 0 Å². The lowest BCUT2D eigenvalue weighted by atomic mass is 10.4. The van der Waals surface area contributed by atoms with Gasteiger partial charge in [-0.25, -0.2) is 9.97 Å². The van der Waals surface area contributed by atoms with Crippen molar-refractivity contribution in [2.45, 2.75) is 26.8 Å². The normalized spacial score (nSPS) is 11.0. The van der Waals surface area contributed by atoms with E-state index in [9.17, 15) is 0 Å². The van der Waals surface area contributed by atoms with Crippen LogP contribution in [0.4, 0.5) is 11.8 Å². The Hall–Kier alpha value is -2.22. The molecule has 0 fully saturated rings. The average Bonchev–Trinajstić information content (AvgIpc) is 3.11. The van der Waals surface area contributed by atoms with Crippen LogP contribution in [0.1, 0.15) is 24.0 Å². The van der Waals surface area contributed by atoms with Gasteiger partial charge in [-0.1, -0.05) is 6.92 Å². The molecule has 0 atom stereocenters. The van der Waals surface area contributed by atoms with Crippen LogP contribution < -0.4 is 10.6 Å². The van der Waals surface area contributed by atoms with Gasteiger partial charge in [-0.2, -0.15) is 9.97 Å². The summed E-state index contributed by atoms with van der Waals surface area (Å²) in [7, 11) is 0. The zero-order valence-corrected chi connectivity index (χ0v) is 12.8. The van der Waals surface area contributed by atoms with Gasteiger partial charge >= 0.3 is 0 Å². The highest BCUT2D eigenvalue weighted by Gasteiger charge is 2.10. The van der Waals surface area contributed by atoms with E-state index in [1.807, 2.05) is 12.3 Å². The Balaban J connectivity index is 1.83. The van der Waals surface area contributed by atoms with E-state index in [4.69, 9.17) is 0 Å². The van der Waals surface area contributed by atoms with Crippen molar-refractivity contribution in [3.05, 3.63) is 22.4 Å². The Morgan fingerprint density at radius 1 is 1.24 bits per heavy atom. The Morgan fingerprint density at radius 2 is 2.14 bits per heavy atom. The van der Waals surface area contributed by atoms with Gasteiger partial charge in [0.2, 0.25) is 5.95 Å². The smallest absolute Gasteiger partial charge is 0.226 e. The molecule has 3 rings (SSSR count). The third-order valence-corrected chi connectivity index (χ3v) is 3.86. The van der Waals surface area contributed by atoms with Crippen molar-refractivity contribution in [2.75, 3.05) is 17.2 Å². The van der Waals surface area contributed by atoms with Crippen LogP contribution in [0.2, 0.25) is 0 Å². The molecule has 0 aromatic carbocycles. The molecule has 3 heterocycles. The van der Waals surface area contributed by atoms with Gasteiger partial charge in [0, 0.05) is 17.6 Å². The van der Waals surface area contributed by atoms with Gasteiger partial charge in [-0.15, -0.1) is 11.3 Å². The monoisotopic (exact) mass is 303 g/mol. The first kappa shape index (κ1) is 13.7. The summed E-state index contributed by atoms with van der Waals surface area (Å²) < 4.78 is 0. The van der Waals surface area contributed by atoms with Crippen molar-refractivity contribution >= 4 is 34.3 Å². The highest BCUT2D eigenvalue weighted by Crippen LogP contribution is 2.20. The molecule has 0 bridgehead atoms. The summed E-state index contributed by atoms with van der Waals surface area (Å²) in [6, 6.07) is 0. The predicted molar refractivity (Wildman–Crippen MR) is 84.6 cm³/mol. The van der Waals surface area contributed by atoms with E-state index in [2.05, 4.69) is 42.5 Å². The van der Waals surface area contributed by atoms with Crippen LogP contribution in [0.25, 0.3) is 11.2 Å². The Kier molecular flexibility index (Phi) is 3.96. The highest BCUT2D eigenvalue weighted by atomic mass is 32.1. The number of imidazole rings is 1. The number of fused-ring (bicyclic) bond motifs is 1. The number of rotatable bonds is 6. The van der Waals surface area contributed by atoms with Gasteiger partial charge in [-0.05, 0) is 13.3 Å². The molecular weight excluding hydrogens is 286 g/mol. The standard InChI is InChI=1S/C13H17N7S/c1-3-4-14-13-19-11(10-12(20-13)17-7-16-10)15-5-9-18-8(2)6-21-9/h6-7H,3-5H2,1-2H3,(H3,14,15,16,17,19,20). The summed E-state index contributed by atoms with van der Waals surface area (Å²) >= 11 is 1.64. The largest absolute Gasteiger partial charge is 0.362 e. The van der Waals surface area contributed by atoms with E-state index in [-0.39, 0.29) is 0 Å². The van der Waals surface area contributed by atoms with E-state index in [1.54, 1.807) is 17.7 Å². The maximum absolute atomic E-state index is 4.50. The first-order valence-corrected chi connectivity index (χ1v) is 7.74. The minimum absolute atomic E-state index is 0.592. The number of H-pyrrole nitrogens is 1. The van der Waals surface area contributed by atoms with Crippen molar-refractivity contribution in [3.8, 4) is 0 Å². The predicted octanol–water partition coefficient (Wildman–Crippen LogP) is 2.55. The van der Waals surface area contributed by atoms with Crippen LogP contribution in [-0.4, -0.2) is 31.5 Å². The Labute approximate surface area is 126 Å². The van der Waals surface area contributed by atoms with Crippen molar-refractivity contribution in [1.29, 1.82) is 0 Å². The lowest BCUT2D eigenvalue weighted by Gasteiger charge is -2.08. The molecule has 3 N–H and O–H groups in total. The molecular formula is C13H17N7S. The number of anilines is 2. The number of hydrogen-bond donors (Lipinski definition) is 3. The second kappa shape index (κ2) is 6.04. The van der Waals surface area contributed by atoms with Crippen molar-refractivity contribution < 1.29 is 0 Å². The number of aromatic amines is 1. The summed E-state index contributed by atoms with van der Waals surface area (Å²) in [5.74, 6) is 1.33. The number of nitrogens with one attached hydrogen (secondary N) is 3. The number of nitrogens with zero attached hydrogens (tertiary/aromatic N) is 4. The van der Waals surface area contributed by atoms with E-state index in [1.165, 1.54) is 0 Å². The van der Waals surface area contributed by atoms with Crippen molar-refractivity contribution in [1.82, 2.24) is 24.9 Å². The fraction of sp³-hybridized carbons (Fsp3) is 0.385. The zero-order chi connectivity index (χ0) is 14.7. The van der Waals surface area contributed by atoms with Crippen molar-refractivity contribution in [3.63, 3.8) is 0 Å². The maximum atomic E-state index is 4.50. The minimum atomic E-state index is 0.592. The summed E-state index contributed by atoms with van der Waals surface area (Å²) in [5, 5.41) is 9.56. The third-order valence-electron chi connectivity index (χ3n) is 2.89. The highest BCUT2D eigenvalue weighted by molar-refractivity contribution is 7.09. The van der Waals surface area contributed by atoms with Crippen LogP contribution >= 0.6 is 11.3 Å². The van der Waals surface area contributed by atoms with Crippen LogP contribution in [0.5, 0.6) is 0 Å². The van der Waals surface area contributed by atoms with Gasteiger partial charge in [0.15, 0.2) is 11.5 Å². The molecule has 0 aliphatic carbocycles. The molecule has 7 nitrogen and oxygen atoms in total. The Bertz CT molecular complexity index is 733. The molecule has 110 valence electrons. The average molecular weight is 303 g/mol. The molecule has 0 radical (unpaired) electrons. The van der Waals surface area contributed by atoms with Crippen LogP contribution in [0, 0.1) is 6.92 Å². The van der Waals surface area contributed by atoms with Crippen molar-refractivity contribution in [2.24, 2.45) is 0 Å². The van der Waals surface area contributed by atoms with E-state index in [0.717, 1.165) is 35.0 Å². The number of hydrogen-bond acceptors (Lipinski definition) is 7. The van der Waals surface area contributed by atoms with E-state index in [0.29, 0.717) is 18.1 Å². The fourth-order valence-corrected chi connectivity index (χ4v) is 2.63. The Morgan fingerprint density at radius 3 is 2.90 bits per heavy atom.